The van der Waals surface area contributed by atoms with Gasteiger partial charge in [0.05, 0.1) is 0 Å². The third kappa shape index (κ3) is 3.84. The van der Waals surface area contributed by atoms with Crippen LogP contribution in [-0.4, -0.2) is 14.7 Å². The number of carbonyl (C=O) groups excluding carboxylic acids is 1. The van der Waals surface area contributed by atoms with Crippen LogP contribution in [-0.2, 0) is 20.4 Å². The molecule has 0 aromatic rings. The number of amides is 1. The van der Waals surface area contributed by atoms with Crippen LogP contribution in [0.15, 0.2) is 0 Å². The Kier molecular flexibility index (Phi) is 4.34. The van der Waals surface area contributed by atoms with Crippen LogP contribution >= 0.6 is 0 Å². The van der Waals surface area contributed by atoms with Gasteiger partial charge >= 0.3 is 0 Å². The van der Waals surface area contributed by atoms with E-state index in [4.69, 9.17) is 0 Å². The minimum Gasteiger partial charge on any atom is -0.748 e. The van der Waals surface area contributed by atoms with Gasteiger partial charge in [-0.3, -0.25) is 4.79 Å². The molecule has 1 aliphatic carbocycles. The van der Waals surface area contributed by atoms with Gasteiger partial charge in [-0.2, -0.15) is 4.28 Å². The van der Waals surface area contributed by atoms with Crippen molar-refractivity contribution in [1.29, 1.82) is 0 Å². The first-order valence-electron chi connectivity index (χ1n) is 4.26. The molecule has 1 atom stereocenters. The minimum absolute atomic E-state index is 0.0858. The van der Waals surface area contributed by atoms with Crippen LogP contribution in [0.25, 0.3) is 0 Å². The van der Waals surface area contributed by atoms with Crippen molar-refractivity contribution in [3.05, 3.63) is 0 Å². The maximum atomic E-state index is 11.2. The molecule has 1 unspecified atom stereocenters. The summed E-state index contributed by atoms with van der Waals surface area (Å²) in [6.07, 6.45) is 4.84. The van der Waals surface area contributed by atoms with E-state index in [-0.39, 0.29) is 11.8 Å². The Morgan fingerprint density at radius 3 is 2.54 bits per heavy atom. The van der Waals surface area contributed by atoms with Gasteiger partial charge in [0.25, 0.3) is 0 Å². The van der Waals surface area contributed by atoms with Crippen LogP contribution in [0.1, 0.15) is 32.1 Å². The second-order valence-electron chi connectivity index (χ2n) is 3.09. The van der Waals surface area contributed by atoms with E-state index in [1.54, 1.807) is 0 Å². The molecule has 0 aromatic heterocycles. The molecule has 1 rings (SSSR count). The fourth-order valence-corrected chi connectivity index (χ4v) is 1.67. The number of nitrogens with one attached hydrogen (secondary N) is 1. The standard InChI is InChI=1S/C7H13NO4S/c9-7(8-12-13(10)11)6-4-2-1-3-5-6/h6H,1-5H2,(H,8,9)(H,10,11)/p-1. The van der Waals surface area contributed by atoms with E-state index in [2.05, 4.69) is 4.28 Å². The van der Waals surface area contributed by atoms with Gasteiger partial charge in [-0.25, -0.2) is 9.69 Å². The average Bonchev–Trinajstić information content (AvgIpc) is 2.15. The van der Waals surface area contributed by atoms with Crippen LogP contribution in [0.2, 0.25) is 0 Å². The minimum atomic E-state index is -2.67. The predicted molar refractivity (Wildman–Crippen MR) is 44.7 cm³/mol. The summed E-state index contributed by atoms with van der Waals surface area (Å²) < 4.78 is 23.9. The van der Waals surface area contributed by atoms with Crippen LogP contribution in [0.4, 0.5) is 0 Å². The monoisotopic (exact) mass is 206 g/mol. The first kappa shape index (κ1) is 10.6. The normalized spacial score (nSPS) is 21.0. The summed E-state index contributed by atoms with van der Waals surface area (Å²) in [4.78, 5) is 11.2. The summed E-state index contributed by atoms with van der Waals surface area (Å²) in [6, 6.07) is 0. The number of carbonyl (C=O) groups is 1. The van der Waals surface area contributed by atoms with Crippen molar-refractivity contribution in [2.45, 2.75) is 32.1 Å². The molecule has 5 nitrogen and oxygen atoms in total. The van der Waals surface area contributed by atoms with E-state index in [9.17, 15) is 13.6 Å². The number of rotatable bonds is 3. The highest BCUT2D eigenvalue weighted by Crippen LogP contribution is 2.23. The summed E-state index contributed by atoms with van der Waals surface area (Å²) in [5.74, 6) is -0.416. The second kappa shape index (κ2) is 5.31. The van der Waals surface area contributed by atoms with Gasteiger partial charge in [0.2, 0.25) is 5.91 Å². The maximum absolute atomic E-state index is 11.2. The van der Waals surface area contributed by atoms with Gasteiger partial charge in [0.1, 0.15) is 11.4 Å². The van der Waals surface area contributed by atoms with Gasteiger partial charge in [0.15, 0.2) is 0 Å². The lowest BCUT2D eigenvalue weighted by molar-refractivity contribution is -0.132. The molecule has 1 fully saturated rings. The Morgan fingerprint density at radius 1 is 1.38 bits per heavy atom. The fourth-order valence-electron chi connectivity index (χ4n) is 1.52. The highest BCUT2D eigenvalue weighted by Gasteiger charge is 2.20. The molecule has 0 radical (unpaired) electrons. The topological polar surface area (TPSA) is 78.5 Å². The Bertz CT molecular complexity index is 203. The zero-order chi connectivity index (χ0) is 9.68. The molecule has 0 aliphatic heterocycles. The Hall–Kier alpha value is -0.460. The molecule has 1 saturated carbocycles. The van der Waals surface area contributed by atoms with Gasteiger partial charge in [-0.15, -0.1) is 0 Å². The molecule has 0 bridgehead atoms. The lowest BCUT2D eigenvalue weighted by Crippen LogP contribution is -2.32. The van der Waals surface area contributed by atoms with E-state index in [0.29, 0.717) is 0 Å². The third-order valence-corrected chi connectivity index (χ3v) is 2.41. The van der Waals surface area contributed by atoms with E-state index in [1.807, 2.05) is 5.48 Å². The molecule has 0 aromatic carbocycles. The SMILES string of the molecule is O=C(NOS(=O)[O-])C1CCCCC1. The van der Waals surface area contributed by atoms with Crippen LogP contribution in [0.3, 0.4) is 0 Å². The van der Waals surface area contributed by atoms with Crippen molar-refractivity contribution in [2.24, 2.45) is 5.92 Å². The molecule has 0 saturated heterocycles. The van der Waals surface area contributed by atoms with Crippen molar-refractivity contribution in [3.8, 4) is 0 Å². The summed E-state index contributed by atoms with van der Waals surface area (Å²) in [5, 5.41) is 0. The molecule has 13 heavy (non-hydrogen) atoms. The van der Waals surface area contributed by atoms with Crippen molar-refractivity contribution >= 4 is 17.3 Å². The number of hydroxylamine groups is 1. The molecule has 0 spiro atoms. The Morgan fingerprint density at radius 2 is 2.00 bits per heavy atom. The van der Waals surface area contributed by atoms with E-state index >= 15 is 0 Å². The van der Waals surface area contributed by atoms with E-state index in [0.717, 1.165) is 32.1 Å². The average molecular weight is 206 g/mol. The van der Waals surface area contributed by atoms with Gasteiger partial charge in [-0.05, 0) is 12.8 Å². The summed E-state index contributed by atoms with van der Waals surface area (Å²) in [5.41, 5.74) is 1.90. The Balaban J connectivity index is 2.25. The van der Waals surface area contributed by atoms with Gasteiger partial charge in [0, 0.05) is 5.92 Å². The zero-order valence-electron chi connectivity index (χ0n) is 7.15. The first-order chi connectivity index (χ1) is 6.20. The van der Waals surface area contributed by atoms with Crippen molar-refractivity contribution in [2.75, 3.05) is 0 Å². The molecule has 0 heterocycles. The highest BCUT2D eigenvalue weighted by molar-refractivity contribution is 7.74. The molecule has 6 heteroatoms. The summed E-state index contributed by atoms with van der Waals surface area (Å²) in [6.45, 7) is 0. The van der Waals surface area contributed by atoms with Crippen molar-refractivity contribution in [1.82, 2.24) is 5.48 Å². The maximum Gasteiger partial charge on any atom is 0.247 e. The fraction of sp³-hybridized carbons (Fsp3) is 0.857. The van der Waals surface area contributed by atoms with Gasteiger partial charge in [-0.1, -0.05) is 19.3 Å². The quantitative estimate of drug-likeness (QED) is 0.535. The van der Waals surface area contributed by atoms with E-state index in [1.165, 1.54) is 0 Å². The lowest BCUT2D eigenvalue weighted by atomic mass is 9.89. The lowest BCUT2D eigenvalue weighted by Gasteiger charge is -2.20. The van der Waals surface area contributed by atoms with Gasteiger partial charge < -0.3 is 4.55 Å². The summed E-state index contributed by atoms with van der Waals surface area (Å²) in [7, 11) is 0. The van der Waals surface area contributed by atoms with Crippen molar-refractivity contribution in [3.63, 3.8) is 0 Å². The second-order valence-corrected chi connectivity index (χ2v) is 3.66. The predicted octanol–water partition coefficient (Wildman–Crippen LogP) is 0.409. The van der Waals surface area contributed by atoms with Crippen LogP contribution in [0.5, 0.6) is 0 Å². The number of hydrogen-bond donors (Lipinski definition) is 1. The smallest absolute Gasteiger partial charge is 0.247 e. The zero-order valence-corrected chi connectivity index (χ0v) is 7.97. The largest absolute Gasteiger partial charge is 0.748 e. The summed E-state index contributed by atoms with van der Waals surface area (Å²) >= 11 is -2.67. The molecule has 76 valence electrons. The third-order valence-electron chi connectivity index (χ3n) is 2.19. The number of hydrogen-bond acceptors (Lipinski definition) is 4. The highest BCUT2D eigenvalue weighted by atomic mass is 32.2. The van der Waals surface area contributed by atoms with Crippen LogP contribution < -0.4 is 5.48 Å². The molecule has 1 N–H and O–H groups in total. The molecule has 1 aliphatic rings. The molecular formula is C7H12NO4S-. The molecular weight excluding hydrogens is 194 g/mol. The first-order valence-corrected chi connectivity index (χ1v) is 5.26. The van der Waals surface area contributed by atoms with Crippen LogP contribution in [0, 0.1) is 5.92 Å². The van der Waals surface area contributed by atoms with E-state index < -0.39 is 11.4 Å². The molecule has 1 amide bonds. The Labute approximate surface area is 79.3 Å². The van der Waals surface area contributed by atoms with Crippen molar-refractivity contribution < 1.29 is 17.8 Å².